The van der Waals surface area contributed by atoms with Gasteiger partial charge >= 0.3 is 0 Å². The van der Waals surface area contributed by atoms with Crippen LogP contribution in [-0.4, -0.2) is 4.98 Å². The molecule has 2 aliphatic heterocycles. The molecule has 0 bridgehead atoms. The van der Waals surface area contributed by atoms with Crippen molar-refractivity contribution >= 4 is 17.1 Å². The SMILES string of the molecule is c1ccc2c(c1)Cc1cc3c(cc1-2)N1c2cccnc2Cc2cc4c(c(c21)C3)-c1ccccc1C4. The Morgan fingerprint density at radius 1 is 0.543 bits per heavy atom. The van der Waals surface area contributed by atoms with Crippen LogP contribution in [0.3, 0.4) is 0 Å². The van der Waals surface area contributed by atoms with Crippen molar-refractivity contribution in [3.05, 3.63) is 130 Å². The minimum atomic E-state index is 0.905. The molecule has 0 fully saturated rings. The largest absolute Gasteiger partial charge is 0.308 e. The molecule has 164 valence electrons. The van der Waals surface area contributed by atoms with E-state index in [4.69, 9.17) is 4.98 Å². The molecular formula is C33H22N2. The lowest BCUT2D eigenvalue weighted by Crippen LogP contribution is -2.26. The van der Waals surface area contributed by atoms with Gasteiger partial charge in [-0.3, -0.25) is 4.98 Å². The van der Waals surface area contributed by atoms with E-state index in [-0.39, 0.29) is 0 Å². The standard InChI is InChI=1S/C33H22N2/c1-3-8-25-19(6-1)12-21-14-22-16-28-32-23(13-20-7-2-4-9-26(20)32)15-24-17-29-30(10-5-11-34-29)35(33(24)28)31(22)18-27(21)25/h1-11,14-15,18H,12-13,16-17H2. The number of hydrogen-bond donors (Lipinski definition) is 0. The van der Waals surface area contributed by atoms with Crippen LogP contribution in [0.4, 0.5) is 17.1 Å². The number of benzene rings is 4. The lowest BCUT2D eigenvalue weighted by atomic mass is 9.82. The van der Waals surface area contributed by atoms with E-state index < -0.39 is 0 Å². The van der Waals surface area contributed by atoms with Crippen LogP contribution in [0.25, 0.3) is 22.3 Å². The van der Waals surface area contributed by atoms with Gasteiger partial charge in [-0.05, 0) is 92.2 Å². The summed E-state index contributed by atoms with van der Waals surface area (Å²) in [6.07, 6.45) is 5.91. The predicted octanol–water partition coefficient (Wildman–Crippen LogP) is 7.50. The first kappa shape index (κ1) is 18.2. The van der Waals surface area contributed by atoms with E-state index in [0.29, 0.717) is 0 Å². The zero-order valence-corrected chi connectivity index (χ0v) is 19.3. The number of aromatic nitrogens is 1. The van der Waals surface area contributed by atoms with Crippen LogP contribution in [0.1, 0.15) is 44.6 Å². The molecule has 0 amide bonds. The van der Waals surface area contributed by atoms with Crippen LogP contribution in [-0.2, 0) is 25.7 Å². The maximum Gasteiger partial charge on any atom is 0.0688 e. The molecule has 2 nitrogen and oxygen atoms in total. The van der Waals surface area contributed by atoms with Crippen molar-refractivity contribution in [1.82, 2.24) is 4.98 Å². The van der Waals surface area contributed by atoms with Gasteiger partial charge in [0, 0.05) is 19.0 Å². The summed E-state index contributed by atoms with van der Waals surface area (Å²) in [4.78, 5) is 7.38. The molecule has 5 aromatic rings. The third-order valence-electron chi connectivity index (χ3n) is 8.52. The maximum atomic E-state index is 4.84. The number of rotatable bonds is 0. The Kier molecular flexibility index (Phi) is 3.27. The summed E-state index contributed by atoms with van der Waals surface area (Å²) in [5, 5.41) is 0. The van der Waals surface area contributed by atoms with Gasteiger partial charge in [0.25, 0.3) is 0 Å². The van der Waals surface area contributed by atoms with Crippen molar-refractivity contribution in [2.45, 2.75) is 25.7 Å². The van der Waals surface area contributed by atoms with Crippen molar-refractivity contribution in [3.63, 3.8) is 0 Å². The molecule has 35 heavy (non-hydrogen) atoms. The van der Waals surface area contributed by atoms with E-state index in [1.165, 1.54) is 84.0 Å². The van der Waals surface area contributed by atoms with Gasteiger partial charge in [0.15, 0.2) is 0 Å². The van der Waals surface area contributed by atoms with Crippen molar-refractivity contribution in [2.75, 3.05) is 4.90 Å². The molecule has 1 aromatic heterocycles. The Morgan fingerprint density at radius 3 is 2.23 bits per heavy atom. The van der Waals surface area contributed by atoms with E-state index in [1.54, 1.807) is 0 Å². The average Bonchev–Trinajstić information content (AvgIpc) is 3.44. The van der Waals surface area contributed by atoms with E-state index >= 15 is 0 Å². The summed E-state index contributed by atoms with van der Waals surface area (Å²) in [5.74, 6) is 0. The second-order valence-electron chi connectivity index (χ2n) is 10.4. The van der Waals surface area contributed by atoms with E-state index in [0.717, 1.165) is 25.7 Å². The van der Waals surface area contributed by atoms with Crippen LogP contribution in [0.2, 0.25) is 0 Å². The molecule has 4 aromatic carbocycles. The normalized spacial score (nSPS) is 14.9. The van der Waals surface area contributed by atoms with Crippen molar-refractivity contribution in [3.8, 4) is 22.3 Å². The highest BCUT2D eigenvalue weighted by molar-refractivity contribution is 5.96. The zero-order valence-electron chi connectivity index (χ0n) is 19.3. The van der Waals surface area contributed by atoms with Gasteiger partial charge in [0.05, 0.1) is 22.8 Å². The van der Waals surface area contributed by atoms with Gasteiger partial charge in [-0.1, -0.05) is 60.7 Å². The highest BCUT2D eigenvalue weighted by atomic mass is 15.2. The maximum absolute atomic E-state index is 4.84. The van der Waals surface area contributed by atoms with Crippen molar-refractivity contribution < 1.29 is 0 Å². The Hall–Kier alpha value is -4.17. The van der Waals surface area contributed by atoms with E-state index in [2.05, 4.69) is 83.8 Å². The topological polar surface area (TPSA) is 16.1 Å². The Balaban J connectivity index is 1.36. The molecular weight excluding hydrogens is 424 g/mol. The highest BCUT2D eigenvalue weighted by Gasteiger charge is 2.37. The molecule has 9 rings (SSSR count). The monoisotopic (exact) mass is 446 g/mol. The van der Waals surface area contributed by atoms with Gasteiger partial charge in [-0.2, -0.15) is 0 Å². The Labute approximate surface area is 204 Å². The second-order valence-corrected chi connectivity index (χ2v) is 10.4. The minimum Gasteiger partial charge on any atom is -0.308 e. The zero-order chi connectivity index (χ0) is 22.7. The number of nitrogens with zero attached hydrogens (tertiary/aromatic N) is 2. The van der Waals surface area contributed by atoms with Crippen LogP contribution < -0.4 is 4.90 Å². The van der Waals surface area contributed by atoms with Crippen LogP contribution in [0.15, 0.2) is 85.1 Å². The molecule has 0 N–H and O–H groups in total. The van der Waals surface area contributed by atoms with Crippen LogP contribution in [0, 0.1) is 0 Å². The fraction of sp³-hybridized carbons (Fsp3) is 0.121. The summed E-state index contributed by atoms with van der Waals surface area (Å²) in [6, 6.07) is 29.7. The predicted molar refractivity (Wildman–Crippen MR) is 141 cm³/mol. The molecule has 2 aliphatic carbocycles. The number of hydrogen-bond acceptors (Lipinski definition) is 2. The van der Waals surface area contributed by atoms with Crippen molar-refractivity contribution in [2.24, 2.45) is 0 Å². The summed E-state index contributed by atoms with van der Waals surface area (Å²) in [7, 11) is 0. The molecule has 0 atom stereocenters. The van der Waals surface area contributed by atoms with Gasteiger partial charge in [-0.15, -0.1) is 0 Å². The molecule has 2 heteroatoms. The molecule has 0 saturated carbocycles. The van der Waals surface area contributed by atoms with Gasteiger partial charge in [0.1, 0.15) is 0 Å². The van der Waals surface area contributed by atoms with Crippen molar-refractivity contribution in [1.29, 1.82) is 0 Å². The lowest BCUT2D eigenvalue weighted by Gasteiger charge is -2.40. The first-order valence-electron chi connectivity index (χ1n) is 12.6. The number of anilines is 3. The molecule has 0 spiro atoms. The molecule has 0 saturated heterocycles. The first-order chi connectivity index (χ1) is 17.3. The quantitative estimate of drug-likeness (QED) is 0.240. The van der Waals surface area contributed by atoms with Gasteiger partial charge < -0.3 is 4.90 Å². The molecule has 3 heterocycles. The molecule has 4 aliphatic rings. The van der Waals surface area contributed by atoms with E-state index in [9.17, 15) is 0 Å². The Bertz CT molecular complexity index is 1760. The molecule has 0 unspecified atom stereocenters. The van der Waals surface area contributed by atoms with Gasteiger partial charge in [0.2, 0.25) is 0 Å². The number of pyridine rings is 1. The van der Waals surface area contributed by atoms with Crippen LogP contribution >= 0.6 is 0 Å². The smallest absolute Gasteiger partial charge is 0.0688 e. The van der Waals surface area contributed by atoms with Crippen LogP contribution in [0.5, 0.6) is 0 Å². The van der Waals surface area contributed by atoms with E-state index in [1.807, 2.05) is 6.20 Å². The highest BCUT2D eigenvalue weighted by Crippen LogP contribution is 2.56. The lowest BCUT2D eigenvalue weighted by molar-refractivity contribution is 0.966. The summed E-state index contributed by atoms with van der Waals surface area (Å²) >= 11 is 0. The summed E-state index contributed by atoms with van der Waals surface area (Å²) in [5.41, 5.74) is 21.0. The number of fused-ring (bicyclic) bond motifs is 11. The fourth-order valence-corrected chi connectivity index (χ4v) is 7.12. The Morgan fingerprint density at radius 2 is 1.31 bits per heavy atom. The average molecular weight is 447 g/mol. The third-order valence-corrected chi connectivity index (χ3v) is 8.52. The third kappa shape index (κ3) is 2.27. The first-order valence-corrected chi connectivity index (χ1v) is 12.6. The second kappa shape index (κ2) is 6.28. The summed E-state index contributed by atoms with van der Waals surface area (Å²) < 4.78 is 0. The summed E-state index contributed by atoms with van der Waals surface area (Å²) in [6.45, 7) is 0. The minimum absolute atomic E-state index is 0.905. The molecule has 0 radical (unpaired) electrons. The fourth-order valence-electron chi connectivity index (χ4n) is 7.12. The van der Waals surface area contributed by atoms with Gasteiger partial charge in [-0.25, -0.2) is 0 Å².